The highest BCUT2D eigenvalue weighted by Crippen LogP contribution is 2.41. The first-order chi connectivity index (χ1) is 9.50. The molecular weight excluding hydrogens is 299 g/mol. The average molecular weight is 311 g/mol. The third-order valence-electron chi connectivity index (χ3n) is 3.63. The second-order valence-electron chi connectivity index (χ2n) is 5.05. The molecule has 1 saturated carbocycles. The van der Waals surface area contributed by atoms with E-state index in [-0.39, 0.29) is 22.3 Å². The van der Waals surface area contributed by atoms with E-state index in [1.807, 2.05) is 6.92 Å². The number of nitrogens with one attached hydrogen (secondary N) is 1. The summed E-state index contributed by atoms with van der Waals surface area (Å²) in [6.07, 6.45) is 0.826. The quantitative estimate of drug-likeness (QED) is 0.867. The molecular formula is C14H12Cl2N2O2. The zero-order chi connectivity index (χ0) is 14.4. The van der Waals surface area contributed by atoms with Crippen molar-refractivity contribution in [2.24, 2.45) is 5.92 Å². The van der Waals surface area contributed by atoms with Crippen LogP contribution in [0.5, 0.6) is 0 Å². The van der Waals surface area contributed by atoms with Crippen molar-refractivity contribution in [3.63, 3.8) is 0 Å². The smallest absolute Gasteiger partial charge is 0.297 e. The van der Waals surface area contributed by atoms with Gasteiger partial charge in [0, 0.05) is 16.6 Å². The van der Waals surface area contributed by atoms with Crippen LogP contribution in [0.3, 0.4) is 0 Å². The lowest BCUT2D eigenvalue weighted by atomic mass is 10.1. The fourth-order valence-corrected chi connectivity index (χ4v) is 2.88. The maximum absolute atomic E-state index is 12.6. The van der Waals surface area contributed by atoms with Gasteiger partial charge in [0.1, 0.15) is 5.15 Å². The summed E-state index contributed by atoms with van der Waals surface area (Å²) < 4.78 is 1.25. The SMILES string of the molecule is CC1CC1n1c(=O)[nH]c(Cl)c(-c2ccccc2Cl)c1=O. The lowest BCUT2D eigenvalue weighted by Crippen LogP contribution is -2.36. The number of aromatic nitrogens is 2. The van der Waals surface area contributed by atoms with Gasteiger partial charge in [-0.25, -0.2) is 4.79 Å². The van der Waals surface area contributed by atoms with Crippen molar-refractivity contribution in [3.05, 3.63) is 55.3 Å². The summed E-state index contributed by atoms with van der Waals surface area (Å²) in [5.74, 6) is 0.328. The monoisotopic (exact) mass is 310 g/mol. The first kappa shape index (κ1) is 13.5. The molecule has 0 aliphatic heterocycles. The molecule has 0 spiro atoms. The fraction of sp³-hybridized carbons (Fsp3) is 0.286. The Morgan fingerprint density at radius 3 is 2.50 bits per heavy atom. The number of rotatable bonds is 2. The molecule has 1 fully saturated rings. The van der Waals surface area contributed by atoms with Crippen LogP contribution in [0.1, 0.15) is 19.4 Å². The predicted molar refractivity (Wildman–Crippen MR) is 79.6 cm³/mol. The van der Waals surface area contributed by atoms with Gasteiger partial charge in [-0.2, -0.15) is 0 Å². The topological polar surface area (TPSA) is 54.9 Å². The lowest BCUT2D eigenvalue weighted by molar-refractivity contribution is 0.619. The van der Waals surface area contributed by atoms with Gasteiger partial charge < -0.3 is 0 Å². The van der Waals surface area contributed by atoms with Crippen LogP contribution in [0.2, 0.25) is 10.2 Å². The molecule has 2 aromatic rings. The van der Waals surface area contributed by atoms with Crippen molar-refractivity contribution in [1.82, 2.24) is 9.55 Å². The Balaban J connectivity index is 2.30. The Morgan fingerprint density at radius 1 is 1.25 bits per heavy atom. The van der Waals surface area contributed by atoms with Gasteiger partial charge in [0.05, 0.1) is 5.56 Å². The number of hydrogen-bond acceptors (Lipinski definition) is 2. The zero-order valence-electron chi connectivity index (χ0n) is 10.7. The number of nitrogens with zero attached hydrogens (tertiary/aromatic N) is 1. The first-order valence-electron chi connectivity index (χ1n) is 6.30. The van der Waals surface area contributed by atoms with Gasteiger partial charge in [-0.1, -0.05) is 48.3 Å². The molecule has 6 heteroatoms. The fourth-order valence-electron chi connectivity index (χ4n) is 2.38. The molecule has 20 heavy (non-hydrogen) atoms. The minimum absolute atomic E-state index is 0.0256. The molecule has 1 aliphatic rings. The van der Waals surface area contributed by atoms with Gasteiger partial charge >= 0.3 is 5.69 Å². The standard InChI is InChI=1S/C14H12Cl2N2O2/c1-7-6-10(7)18-13(19)11(12(16)17-14(18)20)8-4-2-3-5-9(8)15/h2-5,7,10H,6H2,1H3,(H,17,20). The maximum Gasteiger partial charge on any atom is 0.329 e. The molecule has 4 nitrogen and oxygen atoms in total. The van der Waals surface area contributed by atoms with E-state index in [2.05, 4.69) is 4.98 Å². The van der Waals surface area contributed by atoms with E-state index in [9.17, 15) is 9.59 Å². The molecule has 0 radical (unpaired) electrons. The van der Waals surface area contributed by atoms with Crippen LogP contribution in [0, 0.1) is 5.92 Å². The van der Waals surface area contributed by atoms with Crippen molar-refractivity contribution in [3.8, 4) is 11.1 Å². The van der Waals surface area contributed by atoms with Crippen LogP contribution in [-0.2, 0) is 0 Å². The highest BCUT2D eigenvalue weighted by atomic mass is 35.5. The number of H-pyrrole nitrogens is 1. The van der Waals surface area contributed by atoms with Crippen LogP contribution in [0.25, 0.3) is 11.1 Å². The molecule has 1 aromatic carbocycles. The summed E-state index contributed by atoms with van der Waals surface area (Å²) in [6, 6.07) is 6.88. The van der Waals surface area contributed by atoms with Crippen molar-refractivity contribution >= 4 is 23.2 Å². The van der Waals surface area contributed by atoms with Gasteiger partial charge in [-0.3, -0.25) is 14.3 Å². The molecule has 0 bridgehead atoms. The molecule has 1 heterocycles. The van der Waals surface area contributed by atoms with E-state index in [0.717, 1.165) is 6.42 Å². The maximum atomic E-state index is 12.6. The lowest BCUT2D eigenvalue weighted by Gasteiger charge is -2.09. The second kappa shape index (κ2) is 4.79. The summed E-state index contributed by atoms with van der Waals surface area (Å²) in [7, 11) is 0. The summed E-state index contributed by atoms with van der Waals surface area (Å²) in [5.41, 5.74) is -0.0789. The Hall–Kier alpha value is -1.52. The van der Waals surface area contributed by atoms with Crippen LogP contribution >= 0.6 is 23.2 Å². The van der Waals surface area contributed by atoms with Crippen LogP contribution in [0.4, 0.5) is 0 Å². The number of hydrogen-bond donors (Lipinski definition) is 1. The molecule has 3 rings (SSSR count). The van der Waals surface area contributed by atoms with E-state index < -0.39 is 5.69 Å². The largest absolute Gasteiger partial charge is 0.329 e. The summed E-state index contributed by atoms with van der Waals surface area (Å²) >= 11 is 12.2. The Labute approximate surface area is 125 Å². The molecule has 2 unspecified atom stereocenters. The molecule has 1 aromatic heterocycles. The van der Waals surface area contributed by atoms with Crippen LogP contribution in [-0.4, -0.2) is 9.55 Å². The normalized spacial score (nSPS) is 20.9. The molecule has 0 amide bonds. The summed E-state index contributed by atoms with van der Waals surface area (Å²) in [6.45, 7) is 2.00. The van der Waals surface area contributed by atoms with E-state index in [1.54, 1.807) is 24.3 Å². The van der Waals surface area contributed by atoms with Crippen LogP contribution in [0.15, 0.2) is 33.9 Å². The van der Waals surface area contributed by atoms with E-state index >= 15 is 0 Å². The van der Waals surface area contributed by atoms with Gasteiger partial charge in [-0.15, -0.1) is 0 Å². The second-order valence-corrected chi connectivity index (χ2v) is 5.84. The third kappa shape index (κ3) is 2.09. The minimum atomic E-state index is -0.467. The molecule has 104 valence electrons. The van der Waals surface area contributed by atoms with Crippen LogP contribution < -0.4 is 11.2 Å². The average Bonchev–Trinajstić information content (AvgIpc) is 3.08. The highest BCUT2D eigenvalue weighted by Gasteiger charge is 2.37. The van der Waals surface area contributed by atoms with Gasteiger partial charge in [0.15, 0.2) is 0 Å². The van der Waals surface area contributed by atoms with E-state index in [0.29, 0.717) is 16.5 Å². The van der Waals surface area contributed by atoms with Crippen molar-refractivity contribution < 1.29 is 0 Å². The third-order valence-corrected chi connectivity index (χ3v) is 4.24. The molecule has 1 N–H and O–H groups in total. The molecule has 2 atom stereocenters. The minimum Gasteiger partial charge on any atom is -0.297 e. The summed E-state index contributed by atoms with van der Waals surface area (Å²) in [5, 5.41) is 0.451. The van der Waals surface area contributed by atoms with Crippen molar-refractivity contribution in [1.29, 1.82) is 0 Å². The molecule has 0 saturated heterocycles. The zero-order valence-corrected chi connectivity index (χ0v) is 12.2. The summed E-state index contributed by atoms with van der Waals surface area (Å²) in [4.78, 5) is 27.1. The van der Waals surface area contributed by atoms with E-state index in [1.165, 1.54) is 4.57 Å². The predicted octanol–water partition coefficient (Wildman–Crippen LogP) is 3.09. The molecule has 1 aliphatic carbocycles. The first-order valence-corrected chi connectivity index (χ1v) is 7.05. The van der Waals surface area contributed by atoms with E-state index in [4.69, 9.17) is 23.2 Å². The van der Waals surface area contributed by atoms with Gasteiger partial charge in [-0.05, 0) is 18.4 Å². The number of benzene rings is 1. The Bertz CT molecular complexity index is 794. The highest BCUT2D eigenvalue weighted by molar-refractivity contribution is 6.35. The number of aromatic amines is 1. The van der Waals surface area contributed by atoms with Gasteiger partial charge in [0.25, 0.3) is 5.56 Å². The number of halogens is 2. The van der Waals surface area contributed by atoms with Crippen molar-refractivity contribution in [2.45, 2.75) is 19.4 Å². The Morgan fingerprint density at radius 2 is 1.90 bits per heavy atom. The Kier molecular flexibility index (Phi) is 3.22. The van der Waals surface area contributed by atoms with Crippen molar-refractivity contribution in [2.75, 3.05) is 0 Å². The van der Waals surface area contributed by atoms with Gasteiger partial charge in [0.2, 0.25) is 0 Å².